The second kappa shape index (κ2) is 9.96. The maximum absolute atomic E-state index is 13.1. The Morgan fingerprint density at radius 1 is 1.17 bits per heavy atom. The van der Waals surface area contributed by atoms with Crippen molar-refractivity contribution >= 4 is 20.1 Å². The maximum Gasteiger partial charge on any atom is 0.410 e. The highest BCUT2D eigenvalue weighted by atomic mass is 28.4. The fraction of sp³-hybridized carbons (Fsp3) is 0.682. The van der Waals surface area contributed by atoms with Crippen molar-refractivity contribution in [2.24, 2.45) is 0 Å². The molecule has 29 heavy (non-hydrogen) atoms. The Kier molecular flexibility index (Phi) is 8.74. The van der Waals surface area contributed by atoms with Gasteiger partial charge in [-0.1, -0.05) is 32.9 Å². The third-order valence-corrected chi connectivity index (χ3v) is 9.74. The van der Waals surface area contributed by atoms with E-state index < -0.39 is 13.9 Å². The molecule has 0 saturated carbocycles. The fourth-order valence-electron chi connectivity index (χ4n) is 2.52. The number of ether oxygens (including phenoxy) is 2. The minimum atomic E-state index is -2.01. The van der Waals surface area contributed by atoms with Gasteiger partial charge in [0.25, 0.3) is 0 Å². The first-order valence-electron chi connectivity index (χ1n) is 10.2. The highest BCUT2D eigenvalue weighted by Crippen LogP contribution is 2.38. The molecule has 0 radical (unpaired) electrons. The quantitative estimate of drug-likeness (QED) is 0.458. The number of hydrogen-bond donors (Lipinski definition) is 1. The van der Waals surface area contributed by atoms with Gasteiger partial charge in [0.2, 0.25) is 0 Å². The highest BCUT2D eigenvalue weighted by molar-refractivity contribution is 6.74. The Labute approximate surface area is 177 Å². The van der Waals surface area contributed by atoms with Crippen LogP contribution in [0, 0.1) is 0 Å². The predicted molar refractivity (Wildman–Crippen MR) is 122 cm³/mol. The van der Waals surface area contributed by atoms with Crippen LogP contribution < -0.4 is 5.73 Å². The van der Waals surface area contributed by atoms with Gasteiger partial charge in [0.05, 0.1) is 19.3 Å². The van der Waals surface area contributed by atoms with Crippen LogP contribution in [0.15, 0.2) is 24.3 Å². The molecule has 1 aromatic carbocycles. The lowest BCUT2D eigenvalue weighted by Crippen LogP contribution is -2.46. The van der Waals surface area contributed by atoms with Gasteiger partial charge < -0.3 is 19.6 Å². The van der Waals surface area contributed by atoms with Crippen molar-refractivity contribution in [3.63, 3.8) is 0 Å². The summed E-state index contributed by atoms with van der Waals surface area (Å²) in [6, 6.07) is 7.28. The van der Waals surface area contributed by atoms with E-state index in [9.17, 15) is 4.79 Å². The standard InChI is InChI=1S/C22H40N2O4Si/c1-21(2,3)28-20(25)24(13-14-26-7)19(17-11-10-12-18(23)15-17)16-27-29(8,9)22(4,5)6/h10-12,15,19H,13-14,16,23H2,1-9H3. The summed E-state index contributed by atoms with van der Waals surface area (Å²) in [7, 11) is -0.394. The number of methoxy groups -OCH3 is 1. The molecule has 1 unspecified atom stereocenters. The van der Waals surface area contributed by atoms with Gasteiger partial charge in [0.15, 0.2) is 8.32 Å². The number of carbonyl (C=O) groups is 1. The largest absolute Gasteiger partial charge is 0.444 e. The lowest BCUT2D eigenvalue weighted by atomic mass is 10.1. The molecule has 166 valence electrons. The lowest BCUT2D eigenvalue weighted by molar-refractivity contribution is 0.00361. The zero-order valence-corrected chi connectivity index (χ0v) is 20.7. The number of nitrogen functional groups attached to an aromatic ring is 1. The molecule has 1 amide bonds. The third-order valence-electron chi connectivity index (χ3n) is 5.24. The summed E-state index contributed by atoms with van der Waals surface area (Å²) in [6.45, 7) is 17.8. The molecule has 0 aliphatic carbocycles. The third kappa shape index (κ3) is 7.99. The van der Waals surface area contributed by atoms with Crippen molar-refractivity contribution in [3.8, 4) is 0 Å². The van der Waals surface area contributed by atoms with Crippen LogP contribution in [0.25, 0.3) is 0 Å². The normalized spacial score (nSPS) is 13.8. The number of nitrogens with two attached hydrogens (primary N) is 1. The first-order valence-corrected chi connectivity index (χ1v) is 13.1. The van der Waals surface area contributed by atoms with Crippen LogP contribution in [0.1, 0.15) is 53.1 Å². The van der Waals surface area contributed by atoms with Crippen LogP contribution in [0.4, 0.5) is 10.5 Å². The SMILES string of the molecule is COCCN(C(=O)OC(C)(C)C)C(CO[Si](C)(C)C(C)(C)C)c1cccc(N)c1. The zero-order valence-electron chi connectivity index (χ0n) is 19.7. The summed E-state index contributed by atoms with van der Waals surface area (Å²) in [5, 5.41) is 0.0660. The summed E-state index contributed by atoms with van der Waals surface area (Å²) < 4.78 is 17.4. The Morgan fingerprint density at radius 2 is 1.79 bits per heavy atom. The van der Waals surface area contributed by atoms with Crippen LogP contribution >= 0.6 is 0 Å². The van der Waals surface area contributed by atoms with E-state index in [2.05, 4.69) is 33.9 Å². The molecular formula is C22H40N2O4Si. The van der Waals surface area contributed by atoms with Crippen molar-refractivity contribution < 1.29 is 18.7 Å². The van der Waals surface area contributed by atoms with Gasteiger partial charge in [-0.05, 0) is 56.6 Å². The average Bonchev–Trinajstić information content (AvgIpc) is 2.55. The summed E-state index contributed by atoms with van der Waals surface area (Å²) in [5.41, 5.74) is 7.01. The van der Waals surface area contributed by atoms with Gasteiger partial charge in [-0.15, -0.1) is 0 Å². The average molecular weight is 425 g/mol. The molecule has 0 bridgehead atoms. The van der Waals surface area contributed by atoms with Gasteiger partial charge in [-0.3, -0.25) is 4.90 Å². The molecule has 2 N–H and O–H groups in total. The topological polar surface area (TPSA) is 74.0 Å². The van der Waals surface area contributed by atoms with E-state index >= 15 is 0 Å². The number of benzene rings is 1. The molecule has 0 spiro atoms. The van der Waals surface area contributed by atoms with Crippen molar-refractivity contribution in [2.75, 3.05) is 32.6 Å². The van der Waals surface area contributed by atoms with Crippen LogP contribution in [-0.4, -0.2) is 51.8 Å². The molecule has 0 saturated heterocycles. The molecule has 1 atom stereocenters. The number of rotatable bonds is 8. The van der Waals surface area contributed by atoms with Crippen molar-refractivity contribution in [1.82, 2.24) is 4.90 Å². The fourth-order valence-corrected chi connectivity index (χ4v) is 3.53. The van der Waals surface area contributed by atoms with Crippen LogP contribution in [-0.2, 0) is 13.9 Å². The minimum Gasteiger partial charge on any atom is -0.444 e. The number of carbonyl (C=O) groups excluding carboxylic acids is 1. The van der Waals surface area contributed by atoms with Crippen molar-refractivity contribution in [2.45, 2.75) is 71.3 Å². The van der Waals surface area contributed by atoms with Crippen LogP contribution in [0.5, 0.6) is 0 Å². The summed E-state index contributed by atoms with van der Waals surface area (Å²) in [4.78, 5) is 14.7. The van der Waals surface area contributed by atoms with E-state index in [0.29, 0.717) is 25.4 Å². The Balaban J connectivity index is 3.28. The monoisotopic (exact) mass is 424 g/mol. The molecule has 1 rings (SSSR count). The number of hydrogen-bond acceptors (Lipinski definition) is 5. The van der Waals surface area contributed by atoms with Gasteiger partial charge in [0.1, 0.15) is 5.60 Å². The van der Waals surface area contributed by atoms with Crippen molar-refractivity contribution in [3.05, 3.63) is 29.8 Å². The van der Waals surface area contributed by atoms with E-state index in [0.717, 1.165) is 5.56 Å². The number of anilines is 1. The molecule has 0 aliphatic heterocycles. The lowest BCUT2D eigenvalue weighted by Gasteiger charge is -2.40. The minimum absolute atomic E-state index is 0.0660. The van der Waals surface area contributed by atoms with E-state index in [1.807, 2.05) is 45.0 Å². The highest BCUT2D eigenvalue weighted by Gasteiger charge is 2.39. The number of amides is 1. The van der Waals surface area contributed by atoms with E-state index in [4.69, 9.17) is 19.6 Å². The molecule has 6 nitrogen and oxygen atoms in total. The van der Waals surface area contributed by atoms with E-state index in [1.165, 1.54) is 0 Å². The first-order chi connectivity index (χ1) is 13.2. The molecule has 0 heterocycles. The van der Waals surface area contributed by atoms with Gasteiger partial charge in [0, 0.05) is 19.3 Å². The van der Waals surface area contributed by atoms with Crippen LogP contribution in [0.3, 0.4) is 0 Å². The van der Waals surface area contributed by atoms with E-state index in [1.54, 1.807) is 12.0 Å². The van der Waals surface area contributed by atoms with Crippen LogP contribution in [0.2, 0.25) is 18.1 Å². The van der Waals surface area contributed by atoms with Gasteiger partial charge in [-0.25, -0.2) is 4.79 Å². The zero-order chi connectivity index (χ0) is 22.5. The Bertz CT molecular complexity index is 666. The summed E-state index contributed by atoms with van der Waals surface area (Å²) in [5.74, 6) is 0. The summed E-state index contributed by atoms with van der Waals surface area (Å²) >= 11 is 0. The van der Waals surface area contributed by atoms with Crippen molar-refractivity contribution in [1.29, 1.82) is 0 Å². The number of nitrogens with zero attached hydrogens (tertiary/aromatic N) is 1. The maximum atomic E-state index is 13.1. The second-order valence-corrected chi connectivity index (χ2v) is 14.7. The predicted octanol–water partition coefficient (Wildman–Crippen LogP) is 5.22. The first kappa shape index (κ1) is 25.5. The van der Waals surface area contributed by atoms with E-state index in [-0.39, 0.29) is 17.2 Å². The molecule has 7 heteroatoms. The second-order valence-electron chi connectivity index (χ2n) is 9.92. The Morgan fingerprint density at radius 3 is 2.28 bits per heavy atom. The Hall–Kier alpha value is -1.57. The van der Waals surface area contributed by atoms with Gasteiger partial charge >= 0.3 is 6.09 Å². The van der Waals surface area contributed by atoms with Gasteiger partial charge in [-0.2, -0.15) is 0 Å². The molecule has 1 aromatic rings. The summed E-state index contributed by atoms with van der Waals surface area (Å²) in [6.07, 6.45) is -0.388. The molecule has 0 aromatic heterocycles. The molecular weight excluding hydrogens is 384 g/mol. The molecule has 0 fully saturated rings. The smallest absolute Gasteiger partial charge is 0.410 e. The molecule has 0 aliphatic rings.